The van der Waals surface area contributed by atoms with Gasteiger partial charge in [0, 0.05) is 56.6 Å². The van der Waals surface area contributed by atoms with Crippen LogP contribution in [0.25, 0.3) is 0 Å². The normalized spacial score (nSPS) is 23.6. The maximum absolute atomic E-state index is 4.76. The summed E-state index contributed by atoms with van der Waals surface area (Å²) >= 11 is 0. The standard InChI is InChI=1S/C17H27N5/c1-3-20-7-9-21(10-8-20)14-11-22(12-14)17-15-5-4-6-16(15)18-13(2)19-17/h14H,3-12H2,1-2H3. The number of aryl methyl sites for hydroxylation is 2. The summed E-state index contributed by atoms with van der Waals surface area (Å²) in [7, 11) is 0. The number of piperazine rings is 1. The van der Waals surface area contributed by atoms with Crippen molar-refractivity contribution in [3.05, 3.63) is 17.1 Å². The first-order chi connectivity index (χ1) is 10.7. The van der Waals surface area contributed by atoms with Crippen molar-refractivity contribution in [2.45, 2.75) is 39.2 Å². The molecule has 2 saturated heterocycles. The van der Waals surface area contributed by atoms with E-state index < -0.39 is 0 Å². The third-order valence-electron chi connectivity index (χ3n) is 5.56. The van der Waals surface area contributed by atoms with Gasteiger partial charge in [-0.15, -0.1) is 0 Å². The minimum Gasteiger partial charge on any atom is -0.353 e. The Labute approximate surface area is 133 Å². The minimum atomic E-state index is 0.728. The van der Waals surface area contributed by atoms with Gasteiger partial charge in [0.05, 0.1) is 0 Å². The molecule has 0 N–H and O–H groups in total. The van der Waals surface area contributed by atoms with E-state index in [0.29, 0.717) is 0 Å². The fraction of sp³-hybridized carbons (Fsp3) is 0.765. The number of fused-ring (bicyclic) bond motifs is 1. The van der Waals surface area contributed by atoms with Crippen LogP contribution < -0.4 is 4.90 Å². The number of aromatic nitrogens is 2. The zero-order chi connectivity index (χ0) is 15.1. The Morgan fingerprint density at radius 3 is 2.55 bits per heavy atom. The molecule has 0 saturated carbocycles. The van der Waals surface area contributed by atoms with Crippen molar-refractivity contribution >= 4 is 5.82 Å². The zero-order valence-electron chi connectivity index (χ0n) is 13.9. The molecule has 0 spiro atoms. The van der Waals surface area contributed by atoms with Gasteiger partial charge in [-0.05, 0) is 32.7 Å². The first-order valence-corrected chi connectivity index (χ1v) is 8.82. The van der Waals surface area contributed by atoms with Gasteiger partial charge in [-0.2, -0.15) is 0 Å². The van der Waals surface area contributed by atoms with E-state index in [2.05, 4.69) is 26.6 Å². The predicted molar refractivity (Wildman–Crippen MR) is 88.5 cm³/mol. The lowest BCUT2D eigenvalue weighted by Gasteiger charge is -2.49. The second-order valence-corrected chi connectivity index (χ2v) is 6.90. The number of rotatable bonds is 3. The SMILES string of the molecule is CCN1CCN(C2CN(c3nc(C)nc4c3CCC4)C2)CC1. The van der Waals surface area contributed by atoms with Gasteiger partial charge in [0.25, 0.3) is 0 Å². The molecule has 0 aromatic carbocycles. The number of hydrogen-bond acceptors (Lipinski definition) is 5. The summed E-state index contributed by atoms with van der Waals surface area (Å²) in [6.07, 6.45) is 3.56. The molecule has 0 bridgehead atoms. The molecule has 0 amide bonds. The van der Waals surface area contributed by atoms with Crippen LogP contribution in [0.3, 0.4) is 0 Å². The molecule has 3 aliphatic rings. The van der Waals surface area contributed by atoms with Gasteiger partial charge in [-0.3, -0.25) is 4.90 Å². The van der Waals surface area contributed by atoms with Crippen LogP contribution in [-0.4, -0.2) is 71.6 Å². The fourth-order valence-corrected chi connectivity index (χ4v) is 4.10. The number of anilines is 1. The monoisotopic (exact) mass is 301 g/mol. The molecule has 22 heavy (non-hydrogen) atoms. The third kappa shape index (κ3) is 2.50. The van der Waals surface area contributed by atoms with Crippen molar-refractivity contribution < 1.29 is 0 Å². The Balaban J connectivity index is 1.40. The van der Waals surface area contributed by atoms with Gasteiger partial charge in [0.15, 0.2) is 0 Å². The smallest absolute Gasteiger partial charge is 0.135 e. The number of hydrogen-bond donors (Lipinski definition) is 0. The summed E-state index contributed by atoms with van der Waals surface area (Å²) in [6.45, 7) is 12.7. The van der Waals surface area contributed by atoms with Gasteiger partial charge in [0.2, 0.25) is 0 Å². The van der Waals surface area contributed by atoms with Crippen LogP contribution in [0.1, 0.15) is 30.4 Å². The highest BCUT2D eigenvalue weighted by Crippen LogP contribution is 2.32. The zero-order valence-corrected chi connectivity index (χ0v) is 13.9. The van der Waals surface area contributed by atoms with Crippen LogP contribution >= 0.6 is 0 Å². The van der Waals surface area contributed by atoms with E-state index in [-0.39, 0.29) is 0 Å². The molecule has 0 unspecified atom stereocenters. The molecule has 4 rings (SSSR count). The molecular weight excluding hydrogens is 274 g/mol. The lowest BCUT2D eigenvalue weighted by molar-refractivity contribution is 0.0858. The van der Waals surface area contributed by atoms with E-state index in [1.165, 1.54) is 62.6 Å². The van der Waals surface area contributed by atoms with Crippen LogP contribution in [0.5, 0.6) is 0 Å². The summed E-state index contributed by atoms with van der Waals surface area (Å²) in [4.78, 5) is 17.1. The van der Waals surface area contributed by atoms with Gasteiger partial charge in [-0.25, -0.2) is 9.97 Å². The highest BCUT2D eigenvalue weighted by molar-refractivity contribution is 5.53. The van der Waals surface area contributed by atoms with Crippen molar-refractivity contribution in [3.8, 4) is 0 Å². The van der Waals surface area contributed by atoms with Crippen LogP contribution in [0.15, 0.2) is 0 Å². The summed E-state index contributed by atoms with van der Waals surface area (Å²) < 4.78 is 0. The highest BCUT2D eigenvalue weighted by Gasteiger charge is 2.36. The summed E-state index contributed by atoms with van der Waals surface area (Å²) in [5, 5.41) is 0. The molecule has 2 aliphatic heterocycles. The van der Waals surface area contributed by atoms with Crippen LogP contribution in [0, 0.1) is 6.92 Å². The van der Waals surface area contributed by atoms with Crippen molar-refractivity contribution in [2.24, 2.45) is 0 Å². The topological polar surface area (TPSA) is 35.5 Å². The van der Waals surface area contributed by atoms with Crippen molar-refractivity contribution in [3.63, 3.8) is 0 Å². The summed E-state index contributed by atoms with van der Waals surface area (Å²) in [5.74, 6) is 2.18. The second kappa shape index (κ2) is 5.78. The minimum absolute atomic E-state index is 0.728. The fourth-order valence-electron chi connectivity index (χ4n) is 4.10. The quantitative estimate of drug-likeness (QED) is 0.835. The van der Waals surface area contributed by atoms with Gasteiger partial charge < -0.3 is 9.80 Å². The van der Waals surface area contributed by atoms with Gasteiger partial charge in [0.1, 0.15) is 11.6 Å². The number of likely N-dealkylation sites (N-methyl/N-ethyl adjacent to an activating group) is 1. The van der Waals surface area contributed by atoms with Crippen molar-refractivity contribution in [2.75, 3.05) is 50.7 Å². The molecule has 1 aromatic rings. The van der Waals surface area contributed by atoms with Crippen LogP contribution in [0.2, 0.25) is 0 Å². The summed E-state index contributed by atoms with van der Waals surface area (Å²) in [6, 6.07) is 0.728. The van der Waals surface area contributed by atoms with Crippen molar-refractivity contribution in [1.82, 2.24) is 19.8 Å². The van der Waals surface area contributed by atoms with E-state index in [9.17, 15) is 0 Å². The molecule has 0 radical (unpaired) electrons. The second-order valence-electron chi connectivity index (χ2n) is 6.90. The lowest BCUT2D eigenvalue weighted by atomic mass is 10.0. The van der Waals surface area contributed by atoms with E-state index >= 15 is 0 Å². The highest BCUT2D eigenvalue weighted by atomic mass is 15.4. The molecule has 1 aromatic heterocycles. The van der Waals surface area contributed by atoms with Crippen molar-refractivity contribution in [1.29, 1.82) is 0 Å². The average Bonchev–Trinajstić information content (AvgIpc) is 2.94. The molecule has 120 valence electrons. The van der Waals surface area contributed by atoms with Crippen LogP contribution in [0.4, 0.5) is 5.82 Å². The molecule has 0 atom stereocenters. The van der Waals surface area contributed by atoms with E-state index in [0.717, 1.165) is 31.4 Å². The molecule has 1 aliphatic carbocycles. The molecule has 2 fully saturated rings. The Bertz CT molecular complexity index is 544. The maximum atomic E-state index is 4.76. The first kappa shape index (κ1) is 14.4. The Hall–Kier alpha value is -1.20. The Kier molecular flexibility index (Phi) is 3.78. The number of nitrogens with zero attached hydrogens (tertiary/aromatic N) is 5. The lowest BCUT2D eigenvalue weighted by Crippen LogP contribution is -2.63. The van der Waals surface area contributed by atoms with E-state index in [4.69, 9.17) is 4.98 Å². The van der Waals surface area contributed by atoms with Crippen LogP contribution in [-0.2, 0) is 12.8 Å². The first-order valence-electron chi connectivity index (χ1n) is 8.82. The van der Waals surface area contributed by atoms with Gasteiger partial charge >= 0.3 is 0 Å². The van der Waals surface area contributed by atoms with E-state index in [1.807, 2.05) is 6.92 Å². The Morgan fingerprint density at radius 1 is 1.05 bits per heavy atom. The largest absolute Gasteiger partial charge is 0.353 e. The molecule has 3 heterocycles. The summed E-state index contributed by atoms with van der Waals surface area (Å²) in [5.41, 5.74) is 2.74. The average molecular weight is 301 g/mol. The molecule has 5 nitrogen and oxygen atoms in total. The predicted octanol–water partition coefficient (Wildman–Crippen LogP) is 1.10. The molecule has 5 heteroatoms. The third-order valence-corrected chi connectivity index (χ3v) is 5.56. The van der Waals surface area contributed by atoms with Gasteiger partial charge in [-0.1, -0.05) is 6.92 Å². The molecular formula is C17H27N5. The van der Waals surface area contributed by atoms with E-state index in [1.54, 1.807) is 0 Å². The maximum Gasteiger partial charge on any atom is 0.135 e. The Morgan fingerprint density at radius 2 is 1.82 bits per heavy atom.